The zero-order valence-corrected chi connectivity index (χ0v) is 9.77. The van der Waals surface area contributed by atoms with Gasteiger partial charge in [0.05, 0.1) is 6.10 Å². The van der Waals surface area contributed by atoms with Crippen LogP contribution in [0.4, 0.5) is 0 Å². The van der Waals surface area contributed by atoms with Crippen LogP contribution in [0, 0.1) is 0 Å². The fourth-order valence-electron chi connectivity index (χ4n) is 1.94. The summed E-state index contributed by atoms with van der Waals surface area (Å²) in [4.78, 5) is 0. The van der Waals surface area contributed by atoms with Crippen LogP contribution in [0.1, 0.15) is 38.4 Å². The second kappa shape index (κ2) is 4.74. The SMILES string of the molecule is CCCC(C)Oc1ccc2c(c1)OCC2O. The monoisotopic (exact) mass is 222 g/mol. The van der Waals surface area contributed by atoms with Gasteiger partial charge in [0.25, 0.3) is 0 Å². The average molecular weight is 222 g/mol. The van der Waals surface area contributed by atoms with Gasteiger partial charge in [-0.05, 0) is 25.5 Å². The second-order valence-electron chi connectivity index (χ2n) is 4.24. The highest BCUT2D eigenvalue weighted by molar-refractivity contribution is 5.44. The Morgan fingerprint density at radius 3 is 3.12 bits per heavy atom. The van der Waals surface area contributed by atoms with Crippen LogP contribution in [0.15, 0.2) is 18.2 Å². The number of hydrogen-bond acceptors (Lipinski definition) is 3. The van der Waals surface area contributed by atoms with Gasteiger partial charge in [-0.2, -0.15) is 0 Å². The van der Waals surface area contributed by atoms with Crippen LogP contribution in [-0.2, 0) is 0 Å². The lowest BCUT2D eigenvalue weighted by Crippen LogP contribution is -2.10. The molecule has 2 unspecified atom stereocenters. The van der Waals surface area contributed by atoms with E-state index >= 15 is 0 Å². The van der Waals surface area contributed by atoms with Crippen LogP contribution >= 0.6 is 0 Å². The minimum absolute atomic E-state index is 0.217. The van der Waals surface area contributed by atoms with E-state index in [2.05, 4.69) is 13.8 Å². The summed E-state index contributed by atoms with van der Waals surface area (Å²) in [7, 11) is 0. The third-order valence-electron chi connectivity index (χ3n) is 2.77. The first-order valence-electron chi connectivity index (χ1n) is 5.82. The minimum Gasteiger partial charge on any atom is -0.491 e. The maximum atomic E-state index is 9.57. The summed E-state index contributed by atoms with van der Waals surface area (Å²) in [6.07, 6.45) is 1.88. The molecular weight excluding hydrogens is 204 g/mol. The van der Waals surface area contributed by atoms with Crippen molar-refractivity contribution in [3.05, 3.63) is 23.8 Å². The van der Waals surface area contributed by atoms with E-state index in [4.69, 9.17) is 9.47 Å². The first kappa shape index (κ1) is 11.3. The molecule has 0 aromatic heterocycles. The maximum absolute atomic E-state index is 9.57. The van der Waals surface area contributed by atoms with Crippen molar-refractivity contribution in [2.45, 2.75) is 38.9 Å². The molecule has 1 aliphatic rings. The van der Waals surface area contributed by atoms with Crippen molar-refractivity contribution in [1.29, 1.82) is 0 Å². The Kier molecular flexibility index (Phi) is 3.34. The van der Waals surface area contributed by atoms with E-state index in [0.717, 1.165) is 29.9 Å². The van der Waals surface area contributed by atoms with Crippen molar-refractivity contribution in [3.8, 4) is 11.5 Å². The van der Waals surface area contributed by atoms with Gasteiger partial charge >= 0.3 is 0 Å². The highest BCUT2D eigenvalue weighted by Gasteiger charge is 2.22. The van der Waals surface area contributed by atoms with E-state index in [0.29, 0.717) is 6.61 Å². The topological polar surface area (TPSA) is 38.7 Å². The molecule has 1 aromatic carbocycles. The highest BCUT2D eigenvalue weighted by Crippen LogP contribution is 2.35. The third kappa shape index (κ3) is 2.30. The molecule has 3 nitrogen and oxygen atoms in total. The summed E-state index contributed by atoms with van der Waals surface area (Å²) in [6, 6.07) is 5.63. The lowest BCUT2D eigenvalue weighted by molar-refractivity contribution is 0.140. The van der Waals surface area contributed by atoms with Gasteiger partial charge in [-0.15, -0.1) is 0 Å². The van der Waals surface area contributed by atoms with E-state index in [1.54, 1.807) is 0 Å². The molecule has 0 bridgehead atoms. The minimum atomic E-state index is -0.489. The Hall–Kier alpha value is -1.22. The molecule has 16 heavy (non-hydrogen) atoms. The van der Waals surface area contributed by atoms with Crippen molar-refractivity contribution >= 4 is 0 Å². The van der Waals surface area contributed by atoms with Crippen LogP contribution in [-0.4, -0.2) is 17.8 Å². The predicted octanol–water partition coefficient (Wildman–Crippen LogP) is 2.68. The molecule has 1 heterocycles. The Morgan fingerprint density at radius 1 is 1.56 bits per heavy atom. The van der Waals surface area contributed by atoms with Crippen molar-refractivity contribution in [2.75, 3.05) is 6.61 Å². The number of ether oxygens (including phenoxy) is 2. The lowest BCUT2D eigenvalue weighted by atomic mass is 10.1. The van der Waals surface area contributed by atoms with Gasteiger partial charge < -0.3 is 14.6 Å². The van der Waals surface area contributed by atoms with Crippen LogP contribution in [0.25, 0.3) is 0 Å². The third-order valence-corrected chi connectivity index (χ3v) is 2.77. The Labute approximate surface area is 96.0 Å². The number of aliphatic hydroxyl groups is 1. The largest absolute Gasteiger partial charge is 0.491 e. The number of benzene rings is 1. The van der Waals surface area contributed by atoms with E-state index in [-0.39, 0.29) is 6.10 Å². The van der Waals surface area contributed by atoms with Gasteiger partial charge in [-0.1, -0.05) is 13.3 Å². The first-order chi connectivity index (χ1) is 7.70. The van der Waals surface area contributed by atoms with Crippen LogP contribution in [0.3, 0.4) is 0 Å². The van der Waals surface area contributed by atoms with Crippen molar-refractivity contribution in [2.24, 2.45) is 0 Å². The van der Waals surface area contributed by atoms with Crippen molar-refractivity contribution in [1.82, 2.24) is 0 Å². The molecule has 2 atom stereocenters. The first-order valence-corrected chi connectivity index (χ1v) is 5.82. The van der Waals surface area contributed by atoms with Gasteiger partial charge in [0, 0.05) is 11.6 Å². The lowest BCUT2D eigenvalue weighted by Gasteiger charge is -2.14. The Morgan fingerprint density at radius 2 is 2.38 bits per heavy atom. The normalized spacial score (nSPS) is 20.1. The van der Waals surface area contributed by atoms with Gasteiger partial charge in [0.15, 0.2) is 0 Å². The fraction of sp³-hybridized carbons (Fsp3) is 0.538. The van der Waals surface area contributed by atoms with Crippen LogP contribution in [0.5, 0.6) is 11.5 Å². The smallest absolute Gasteiger partial charge is 0.129 e. The van der Waals surface area contributed by atoms with Gasteiger partial charge in [0.2, 0.25) is 0 Å². The molecule has 88 valence electrons. The van der Waals surface area contributed by atoms with Crippen molar-refractivity contribution in [3.63, 3.8) is 0 Å². The van der Waals surface area contributed by atoms with E-state index in [1.165, 1.54) is 0 Å². The number of fused-ring (bicyclic) bond motifs is 1. The number of aliphatic hydroxyl groups excluding tert-OH is 1. The molecular formula is C13H18O3. The fourth-order valence-corrected chi connectivity index (χ4v) is 1.94. The Balaban J connectivity index is 2.07. The predicted molar refractivity (Wildman–Crippen MR) is 61.9 cm³/mol. The molecule has 1 N–H and O–H groups in total. The molecule has 0 saturated carbocycles. The molecule has 0 fully saturated rings. The van der Waals surface area contributed by atoms with Crippen molar-refractivity contribution < 1.29 is 14.6 Å². The molecule has 0 aliphatic carbocycles. The molecule has 0 amide bonds. The average Bonchev–Trinajstić information content (AvgIpc) is 2.60. The zero-order chi connectivity index (χ0) is 11.5. The standard InChI is InChI=1S/C13H18O3/c1-3-4-9(2)16-10-5-6-11-12(14)8-15-13(11)7-10/h5-7,9,12,14H,3-4,8H2,1-2H3. The summed E-state index contributed by atoms with van der Waals surface area (Å²) in [6.45, 7) is 4.55. The number of rotatable bonds is 4. The number of hydrogen-bond donors (Lipinski definition) is 1. The van der Waals surface area contributed by atoms with E-state index < -0.39 is 6.10 Å². The van der Waals surface area contributed by atoms with Crippen LogP contribution < -0.4 is 9.47 Å². The maximum Gasteiger partial charge on any atom is 0.129 e. The summed E-state index contributed by atoms with van der Waals surface area (Å²) in [5.41, 5.74) is 0.857. The molecule has 3 heteroatoms. The van der Waals surface area contributed by atoms with Gasteiger partial charge in [-0.3, -0.25) is 0 Å². The molecule has 0 saturated heterocycles. The Bertz CT molecular complexity index is 362. The zero-order valence-electron chi connectivity index (χ0n) is 9.77. The molecule has 2 rings (SSSR count). The molecule has 1 aliphatic heterocycles. The van der Waals surface area contributed by atoms with E-state index in [1.807, 2.05) is 18.2 Å². The summed E-state index contributed by atoms with van der Waals surface area (Å²) < 4.78 is 11.1. The second-order valence-corrected chi connectivity index (χ2v) is 4.24. The van der Waals surface area contributed by atoms with E-state index in [9.17, 15) is 5.11 Å². The summed E-state index contributed by atoms with van der Waals surface area (Å²) in [5, 5.41) is 9.57. The quantitative estimate of drug-likeness (QED) is 0.851. The highest BCUT2D eigenvalue weighted by atomic mass is 16.5. The summed E-state index contributed by atoms with van der Waals surface area (Å²) in [5.74, 6) is 1.56. The molecule has 0 spiro atoms. The van der Waals surface area contributed by atoms with Crippen LogP contribution in [0.2, 0.25) is 0 Å². The molecule has 1 aromatic rings. The van der Waals surface area contributed by atoms with Gasteiger partial charge in [0.1, 0.15) is 24.2 Å². The van der Waals surface area contributed by atoms with Gasteiger partial charge in [-0.25, -0.2) is 0 Å². The molecule has 0 radical (unpaired) electrons. The summed E-state index contributed by atoms with van der Waals surface area (Å²) >= 11 is 0.